The van der Waals surface area contributed by atoms with E-state index < -0.39 is 5.91 Å². The second kappa shape index (κ2) is 6.61. The summed E-state index contributed by atoms with van der Waals surface area (Å²) in [6.07, 6.45) is 5.08. The molecular formula is C12H19N3O. The maximum Gasteiger partial charge on any atom is 0.250 e. The lowest BCUT2D eigenvalue weighted by atomic mass is 10.1. The minimum absolute atomic E-state index is 0.417. The quantitative estimate of drug-likeness (QED) is 0.793. The van der Waals surface area contributed by atoms with Gasteiger partial charge >= 0.3 is 0 Å². The Labute approximate surface area is 96.5 Å². The molecule has 0 aliphatic heterocycles. The Hall–Kier alpha value is -1.84. The van der Waals surface area contributed by atoms with Gasteiger partial charge in [0, 0.05) is 18.8 Å². The second-order valence-electron chi connectivity index (χ2n) is 2.88. The third-order valence-electron chi connectivity index (χ3n) is 1.89. The number of allylic oxidation sites excluding steroid dienone is 1. The van der Waals surface area contributed by atoms with Crippen molar-refractivity contribution in [2.45, 2.75) is 20.8 Å². The zero-order valence-electron chi connectivity index (χ0n) is 10.3. The molecule has 2 N–H and O–H groups in total. The summed E-state index contributed by atoms with van der Waals surface area (Å²) in [4.78, 5) is 11.1. The number of carbonyl (C=O) groups excluding carboxylic acids is 1. The standard InChI is InChI=1S/C10H13N3O.C2H6/c1-4-7-6-13(3)12-9(7)8(5-2)10(11)14;1-2/h4-6H,1H2,2-3H3,(H2,11,14);1-2H3/b8-5+;. The predicted molar refractivity (Wildman–Crippen MR) is 67.5 cm³/mol. The summed E-state index contributed by atoms with van der Waals surface area (Å²) in [5, 5.41) is 4.15. The maximum absolute atomic E-state index is 11.1. The van der Waals surface area contributed by atoms with Crippen LogP contribution < -0.4 is 5.73 Å². The van der Waals surface area contributed by atoms with Gasteiger partial charge in [0.2, 0.25) is 0 Å². The molecule has 0 aromatic carbocycles. The van der Waals surface area contributed by atoms with Crippen molar-refractivity contribution in [1.29, 1.82) is 0 Å². The first-order valence-electron chi connectivity index (χ1n) is 5.22. The van der Waals surface area contributed by atoms with E-state index in [1.54, 1.807) is 37.0 Å². The zero-order chi connectivity index (χ0) is 12.7. The number of primary amides is 1. The molecule has 0 saturated heterocycles. The summed E-state index contributed by atoms with van der Waals surface area (Å²) in [5.41, 5.74) is 7.02. The van der Waals surface area contributed by atoms with Crippen molar-refractivity contribution in [3.8, 4) is 0 Å². The first kappa shape index (κ1) is 14.2. The molecule has 0 saturated carbocycles. The monoisotopic (exact) mass is 221 g/mol. The molecule has 1 rings (SSSR count). The van der Waals surface area contributed by atoms with Gasteiger partial charge in [0.1, 0.15) is 5.69 Å². The van der Waals surface area contributed by atoms with Crippen LogP contribution in [0.4, 0.5) is 0 Å². The topological polar surface area (TPSA) is 60.9 Å². The molecule has 4 heteroatoms. The highest BCUT2D eigenvalue weighted by molar-refractivity contribution is 6.18. The van der Waals surface area contributed by atoms with Crippen LogP contribution in [0.5, 0.6) is 0 Å². The number of carbonyl (C=O) groups is 1. The molecule has 0 aliphatic carbocycles. The molecule has 4 nitrogen and oxygen atoms in total. The summed E-state index contributed by atoms with van der Waals surface area (Å²) < 4.78 is 1.62. The molecule has 1 aromatic rings. The Morgan fingerprint density at radius 1 is 1.56 bits per heavy atom. The van der Waals surface area contributed by atoms with Crippen molar-refractivity contribution in [2.24, 2.45) is 12.8 Å². The Balaban J connectivity index is 0.00000106. The Morgan fingerprint density at radius 3 is 2.50 bits per heavy atom. The number of hydrogen-bond acceptors (Lipinski definition) is 2. The summed E-state index contributed by atoms with van der Waals surface area (Å²) in [6, 6.07) is 0. The van der Waals surface area contributed by atoms with E-state index in [4.69, 9.17) is 5.73 Å². The second-order valence-corrected chi connectivity index (χ2v) is 2.88. The van der Waals surface area contributed by atoms with Crippen LogP contribution >= 0.6 is 0 Å². The van der Waals surface area contributed by atoms with Gasteiger partial charge in [-0.3, -0.25) is 9.48 Å². The van der Waals surface area contributed by atoms with Crippen molar-refractivity contribution in [2.75, 3.05) is 0 Å². The lowest BCUT2D eigenvalue weighted by Gasteiger charge is -1.98. The van der Waals surface area contributed by atoms with E-state index in [0.29, 0.717) is 11.3 Å². The van der Waals surface area contributed by atoms with Crippen LogP contribution in [0.15, 0.2) is 18.9 Å². The number of rotatable bonds is 3. The van der Waals surface area contributed by atoms with Gasteiger partial charge in [-0.2, -0.15) is 5.10 Å². The third-order valence-corrected chi connectivity index (χ3v) is 1.89. The number of nitrogens with zero attached hydrogens (tertiary/aromatic N) is 2. The fourth-order valence-electron chi connectivity index (χ4n) is 1.26. The highest BCUT2D eigenvalue weighted by Crippen LogP contribution is 2.17. The maximum atomic E-state index is 11.1. The minimum Gasteiger partial charge on any atom is -0.366 e. The molecule has 0 unspecified atom stereocenters. The minimum atomic E-state index is -0.477. The molecule has 0 fully saturated rings. The zero-order valence-corrected chi connectivity index (χ0v) is 10.3. The Kier molecular flexibility index (Phi) is 5.85. The van der Waals surface area contributed by atoms with Crippen LogP contribution in [0.25, 0.3) is 11.6 Å². The van der Waals surface area contributed by atoms with Gasteiger partial charge in [0.25, 0.3) is 5.91 Å². The summed E-state index contributed by atoms with van der Waals surface area (Å²) in [6.45, 7) is 9.40. The average Bonchev–Trinajstić information content (AvgIpc) is 2.63. The van der Waals surface area contributed by atoms with Gasteiger partial charge in [0.15, 0.2) is 0 Å². The van der Waals surface area contributed by atoms with Gasteiger partial charge in [-0.05, 0) is 6.92 Å². The van der Waals surface area contributed by atoms with Crippen LogP contribution in [-0.2, 0) is 11.8 Å². The third kappa shape index (κ3) is 3.08. The highest BCUT2D eigenvalue weighted by atomic mass is 16.1. The molecule has 0 bridgehead atoms. The SMILES string of the molecule is C=Cc1cn(C)nc1/C(=C\C)C(N)=O.CC. The first-order valence-corrected chi connectivity index (χ1v) is 5.22. The molecule has 0 spiro atoms. The van der Waals surface area contributed by atoms with Crippen molar-refractivity contribution in [3.63, 3.8) is 0 Å². The molecule has 1 aromatic heterocycles. The van der Waals surface area contributed by atoms with Crippen molar-refractivity contribution < 1.29 is 4.79 Å². The molecule has 1 amide bonds. The Bertz CT molecular complexity index is 402. The van der Waals surface area contributed by atoms with Crippen molar-refractivity contribution in [1.82, 2.24) is 9.78 Å². The first-order chi connectivity index (χ1) is 7.60. The normalized spacial score (nSPS) is 10.4. The lowest BCUT2D eigenvalue weighted by molar-refractivity contribution is -0.112. The number of hydrogen-bond donors (Lipinski definition) is 1. The van der Waals surface area contributed by atoms with Crippen LogP contribution in [0, 0.1) is 0 Å². The summed E-state index contributed by atoms with van der Waals surface area (Å²) in [5.74, 6) is -0.477. The fourth-order valence-corrected chi connectivity index (χ4v) is 1.26. The fraction of sp³-hybridized carbons (Fsp3) is 0.333. The van der Waals surface area contributed by atoms with Gasteiger partial charge < -0.3 is 5.73 Å². The van der Waals surface area contributed by atoms with E-state index in [9.17, 15) is 4.79 Å². The lowest BCUT2D eigenvalue weighted by Crippen LogP contribution is -2.13. The Morgan fingerprint density at radius 2 is 2.12 bits per heavy atom. The van der Waals surface area contributed by atoms with E-state index in [0.717, 1.165) is 5.56 Å². The van der Waals surface area contributed by atoms with Gasteiger partial charge in [-0.15, -0.1) is 0 Å². The largest absolute Gasteiger partial charge is 0.366 e. The smallest absolute Gasteiger partial charge is 0.250 e. The van der Waals surface area contributed by atoms with Crippen LogP contribution in [0.3, 0.4) is 0 Å². The number of nitrogens with two attached hydrogens (primary N) is 1. The summed E-state index contributed by atoms with van der Waals surface area (Å²) in [7, 11) is 1.78. The average molecular weight is 221 g/mol. The van der Waals surface area contributed by atoms with Gasteiger partial charge in [0.05, 0.1) is 5.57 Å². The van der Waals surface area contributed by atoms with E-state index in [2.05, 4.69) is 11.7 Å². The molecule has 0 radical (unpaired) electrons. The molecule has 0 aliphatic rings. The number of amides is 1. The molecular weight excluding hydrogens is 202 g/mol. The predicted octanol–water partition coefficient (Wildman–Crippen LogP) is 1.98. The van der Waals surface area contributed by atoms with Crippen LogP contribution in [0.1, 0.15) is 32.0 Å². The molecule has 1 heterocycles. The van der Waals surface area contributed by atoms with E-state index >= 15 is 0 Å². The van der Waals surface area contributed by atoms with Crippen molar-refractivity contribution >= 4 is 17.6 Å². The van der Waals surface area contributed by atoms with Crippen LogP contribution in [0.2, 0.25) is 0 Å². The summed E-state index contributed by atoms with van der Waals surface area (Å²) >= 11 is 0. The van der Waals surface area contributed by atoms with Gasteiger partial charge in [-0.1, -0.05) is 32.6 Å². The number of aromatic nitrogens is 2. The molecule has 0 atom stereocenters. The van der Waals surface area contributed by atoms with E-state index in [-0.39, 0.29) is 0 Å². The number of aryl methyl sites for hydroxylation is 1. The molecule has 88 valence electrons. The highest BCUT2D eigenvalue weighted by Gasteiger charge is 2.13. The molecule has 16 heavy (non-hydrogen) atoms. The van der Waals surface area contributed by atoms with Gasteiger partial charge in [-0.25, -0.2) is 0 Å². The van der Waals surface area contributed by atoms with Crippen LogP contribution in [-0.4, -0.2) is 15.7 Å². The van der Waals surface area contributed by atoms with E-state index in [1.807, 2.05) is 13.8 Å². The van der Waals surface area contributed by atoms with E-state index in [1.165, 1.54) is 0 Å². The van der Waals surface area contributed by atoms with Crippen molar-refractivity contribution in [3.05, 3.63) is 30.1 Å².